The van der Waals surface area contributed by atoms with Gasteiger partial charge in [-0.25, -0.2) is 4.79 Å². The summed E-state index contributed by atoms with van der Waals surface area (Å²) in [6.45, 7) is 0. The van der Waals surface area contributed by atoms with Gasteiger partial charge in [-0.1, -0.05) is 12.1 Å². The van der Waals surface area contributed by atoms with E-state index in [2.05, 4.69) is 4.98 Å². The van der Waals surface area contributed by atoms with Crippen molar-refractivity contribution in [2.24, 2.45) is 7.05 Å². The van der Waals surface area contributed by atoms with Crippen molar-refractivity contribution < 1.29 is 9.90 Å². The lowest BCUT2D eigenvalue weighted by Crippen LogP contribution is -2.07. The predicted molar refractivity (Wildman–Crippen MR) is 75.9 cm³/mol. The van der Waals surface area contributed by atoms with Gasteiger partial charge >= 0.3 is 5.97 Å². The predicted octanol–water partition coefficient (Wildman–Crippen LogP) is 2.23. The normalized spacial score (nSPS) is 10.8. The molecule has 0 fully saturated rings. The number of aryl methyl sites for hydroxylation is 1. The van der Waals surface area contributed by atoms with Crippen LogP contribution >= 0.6 is 0 Å². The molecule has 0 amide bonds. The number of aromatic amines is 1. The lowest BCUT2D eigenvalue weighted by Gasteiger charge is -2.01. The quantitative estimate of drug-likeness (QED) is 0.748. The average Bonchev–Trinajstić information content (AvgIpc) is 2.78. The Kier molecular flexibility index (Phi) is 2.68. The number of carboxylic acid groups (broad SMARTS) is 1. The molecule has 3 rings (SSSR count). The molecule has 0 unspecified atom stereocenters. The third-order valence-electron chi connectivity index (χ3n) is 3.32. The van der Waals surface area contributed by atoms with E-state index < -0.39 is 5.97 Å². The van der Waals surface area contributed by atoms with Crippen LogP contribution in [-0.2, 0) is 7.05 Å². The van der Waals surface area contributed by atoms with Crippen LogP contribution < -0.4 is 5.56 Å². The zero-order valence-corrected chi connectivity index (χ0v) is 10.8. The third kappa shape index (κ3) is 1.80. The second kappa shape index (κ2) is 4.38. The van der Waals surface area contributed by atoms with Crippen molar-refractivity contribution in [1.82, 2.24) is 9.55 Å². The van der Waals surface area contributed by atoms with Crippen LogP contribution in [0, 0.1) is 0 Å². The lowest BCUT2D eigenvalue weighted by molar-refractivity contribution is 0.0697. The van der Waals surface area contributed by atoms with E-state index in [1.807, 2.05) is 18.3 Å². The average molecular weight is 268 g/mol. The number of hydrogen-bond acceptors (Lipinski definition) is 2. The lowest BCUT2D eigenvalue weighted by atomic mass is 10.0. The van der Waals surface area contributed by atoms with Gasteiger partial charge < -0.3 is 14.7 Å². The topological polar surface area (TPSA) is 75.1 Å². The Morgan fingerprint density at radius 3 is 2.85 bits per heavy atom. The van der Waals surface area contributed by atoms with E-state index in [4.69, 9.17) is 5.11 Å². The molecule has 2 heterocycles. The first kappa shape index (κ1) is 12.2. The van der Waals surface area contributed by atoms with E-state index in [1.165, 1.54) is 0 Å². The standard InChI is InChI=1S/C15H12N2O3/c1-17-8-12(11-5-6-16-14(18)13(11)17)9-3-2-4-10(7-9)15(19)20/h2-8H,1H3,(H,16,18)(H,19,20). The molecule has 2 aromatic heterocycles. The van der Waals surface area contributed by atoms with Crippen LogP contribution in [0.2, 0.25) is 0 Å². The molecule has 0 radical (unpaired) electrons. The fraction of sp³-hybridized carbons (Fsp3) is 0.0667. The summed E-state index contributed by atoms with van der Waals surface area (Å²) >= 11 is 0. The first-order chi connectivity index (χ1) is 9.58. The molecule has 100 valence electrons. The van der Waals surface area contributed by atoms with Crippen molar-refractivity contribution in [3.63, 3.8) is 0 Å². The van der Waals surface area contributed by atoms with Crippen LogP contribution in [0.5, 0.6) is 0 Å². The second-order valence-electron chi connectivity index (χ2n) is 4.61. The molecule has 1 aromatic carbocycles. The number of fused-ring (bicyclic) bond motifs is 1. The zero-order valence-electron chi connectivity index (χ0n) is 10.8. The Labute approximate surface area is 114 Å². The van der Waals surface area contributed by atoms with Gasteiger partial charge in [-0.2, -0.15) is 0 Å². The molecule has 0 aliphatic carbocycles. The molecule has 20 heavy (non-hydrogen) atoms. The van der Waals surface area contributed by atoms with Crippen LogP contribution in [0.1, 0.15) is 10.4 Å². The SMILES string of the molecule is Cn1cc(-c2cccc(C(=O)O)c2)c2cc[nH]c(=O)c21. The summed E-state index contributed by atoms with van der Waals surface area (Å²) in [5.74, 6) is -0.968. The van der Waals surface area contributed by atoms with E-state index >= 15 is 0 Å². The summed E-state index contributed by atoms with van der Waals surface area (Å²) in [5.41, 5.74) is 2.26. The van der Waals surface area contributed by atoms with Crippen molar-refractivity contribution in [2.45, 2.75) is 0 Å². The molecular formula is C15H12N2O3. The van der Waals surface area contributed by atoms with Gasteiger partial charge in [0.05, 0.1) is 5.56 Å². The molecule has 2 N–H and O–H groups in total. The van der Waals surface area contributed by atoms with Gasteiger partial charge in [0.1, 0.15) is 5.52 Å². The van der Waals surface area contributed by atoms with E-state index in [1.54, 1.807) is 36.0 Å². The van der Waals surface area contributed by atoms with Gasteiger partial charge in [0.2, 0.25) is 0 Å². The number of benzene rings is 1. The molecule has 0 saturated carbocycles. The van der Waals surface area contributed by atoms with Crippen molar-refractivity contribution >= 4 is 16.9 Å². The number of pyridine rings is 1. The third-order valence-corrected chi connectivity index (χ3v) is 3.32. The Morgan fingerprint density at radius 2 is 2.10 bits per heavy atom. The fourth-order valence-corrected chi connectivity index (χ4v) is 2.42. The second-order valence-corrected chi connectivity index (χ2v) is 4.61. The minimum Gasteiger partial charge on any atom is -0.478 e. The maximum atomic E-state index is 11.8. The van der Waals surface area contributed by atoms with Gasteiger partial charge in [-0.3, -0.25) is 4.79 Å². The number of aromatic carboxylic acids is 1. The van der Waals surface area contributed by atoms with Gasteiger partial charge in [-0.05, 0) is 23.8 Å². The number of rotatable bonds is 2. The fourth-order valence-electron chi connectivity index (χ4n) is 2.42. The Bertz CT molecular complexity index is 874. The molecule has 0 spiro atoms. The van der Waals surface area contributed by atoms with Gasteiger partial charge in [0, 0.05) is 30.4 Å². The Balaban J connectivity index is 2.30. The van der Waals surface area contributed by atoms with Gasteiger partial charge in [0.25, 0.3) is 5.56 Å². The molecule has 0 bridgehead atoms. The highest BCUT2D eigenvalue weighted by Crippen LogP contribution is 2.28. The molecular weight excluding hydrogens is 256 g/mol. The molecule has 0 saturated heterocycles. The number of nitrogens with one attached hydrogen (secondary N) is 1. The Morgan fingerprint density at radius 1 is 1.30 bits per heavy atom. The summed E-state index contributed by atoms with van der Waals surface area (Å²) in [4.78, 5) is 25.5. The number of carboxylic acids is 1. The van der Waals surface area contributed by atoms with E-state index in [9.17, 15) is 9.59 Å². The maximum absolute atomic E-state index is 11.8. The first-order valence-corrected chi connectivity index (χ1v) is 6.08. The van der Waals surface area contributed by atoms with Crippen molar-refractivity contribution in [1.29, 1.82) is 0 Å². The Hall–Kier alpha value is -2.82. The number of carbonyl (C=O) groups is 1. The van der Waals surface area contributed by atoms with E-state index in [-0.39, 0.29) is 11.1 Å². The summed E-state index contributed by atoms with van der Waals surface area (Å²) in [5, 5.41) is 9.86. The van der Waals surface area contributed by atoms with Gasteiger partial charge in [-0.15, -0.1) is 0 Å². The minimum absolute atomic E-state index is 0.161. The van der Waals surface area contributed by atoms with E-state index in [0.717, 1.165) is 16.5 Å². The zero-order chi connectivity index (χ0) is 14.3. The minimum atomic E-state index is -0.968. The van der Waals surface area contributed by atoms with Crippen LogP contribution in [0.4, 0.5) is 0 Å². The number of hydrogen-bond donors (Lipinski definition) is 2. The summed E-state index contributed by atoms with van der Waals surface area (Å²) in [6, 6.07) is 8.51. The van der Waals surface area contributed by atoms with Crippen LogP contribution in [-0.4, -0.2) is 20.6 Å². The van der Waals surface area contributed by atoms with Crippen LogP contribution in [0.25, 0.3) is 22.0 Å². The highest BCUT2D eigenvalue weighted by Gasteiger charge is 2.12. The number of nitrogens with zero attached hydrogens (tertiary/aromatic N) is 1. The molecule has 0 aliphatic rings. The smallest absolute Gasteiger partial charge is 0.335 e. The number of aromatic nitrogens is 2. The molecule has 5 heteroatoms. The summed E-state index contributed by atoms with van der Waals surface area (Å²) in [7, 11) is 1.79. The molecule has 3 aromatic rings. The van der Waals surface area contributed by atoms with Crippen LogP contribution in [0.3, 0.4) is 0 Å². The number of H-pyrrole nitrogens is 1. The highest BCUT2D eigenvalue weighted by molar-refractivity contribution is 5.97. The van der Waals surface area contributed by atoms with Crippen molar-refractivity contribution in [3.8, 4) is 11.1 Å². The van der Waals surface area contributed by atoms with Crippen molar-refractivity contribution in [2.75, 3.05) is 0 Å². The van der Waals surface area contributed by atoms with E-state index in [0.29, 0.717) is 5.52 Å². The largest absolute Gasteiger partial charge is 0.478 e. The molecule has 0 atom stereocenters. The maximum Gasteiger partial charge on any atom is 0.335 e. The summed E-state index contributed by atoms with van der Waals surface area (Å²) in [6.07, 6.45) is 3.43. The molecule has 0 aliphatic heterocycles. The van der Waals surface area contributed by atoms with Crippen LogP contribution in [0.15, 0.2) is 47.5 Å². The highest BCUT2D eigenvalue weighted by atomic mass is 16.4. The van der Waals surface area contributed by atoms with Crippen molar-refractivity contribution in [3.05, 3.63) is 58.6 Å². The molecule has 5 nitrogen and oxygen atoms in total. The van der Waals surface area contributed by atoms with Gasteiger partial charge in [0.15, 0.2) is 0 Å². The first-order valence-electron chi connectivity index (χ1n) is 6.08. The monoisotopic (exact) mass is 268 g/mol. The summed E-state index contributed by atoms with van der Waals surface area (Å²) < 4.78 is 1.75.